The van der Waals surface area contributed by atoms with Crippen molar-refractivity contribution in [2.24, 2.45) is 5.41 Å². The van der Waals surface area contributed by atoms with Crippen LogP contribution in [0.25, 0.3) is 0 Å². The number of nitrogens with zero attached hydrogens (tertiary/aromatic N) is 2. The molecule has 1 aliphatic carbocycles. The molecule has 0 aromatic carbocycles. The van der Waals surface area contributed by atoms with Crippen LogP contribution in [0.5, 0.6) is 0 Å². The Bertz CT molecular complexity index is 414. The van der Waals surface area contributed by atoms with Crippen LogP contribution in [0, 0.1) is 5.41 Å². The Morgan fingerprint density at radius 3 is 2.71 bits per heavy atom. The minimum Gasteiger partial charge on any atom is -0.383 e. The maximum atomic E-state index is 10.8. The average molecular weight is 257 g/mol. The lowest BCUT2D eigenvalue weighted by molar-refractivity contribution is 0.0248. The molecule has 1 N–H and O–H groups in total. The molecule has 4 heteroatoms. The third-order valence-electron chi connectivity index (χ3n) is 3.66. The zero-order valence-electron chi connectivity index (χ0n) is 10.8. The molecular formula is C13H21ClN2O. The van der Waals surface area contributed by atoms with Crippen LogP contribution in [0.4, 0.5) is 0 Å². The molecule has 0 aliphatic heterocycles. The molecule has 17 heavy (non-hydrogen) atoms. The number of aryl methyl sites for hydroxylation is 1. The van der Waals surface area contributed by atoms with Gasteiger partial charge in [-0.2, -0.15) is 5.10 Å². The fourth-order valence-corrected chi connectivity index (χ4v) is 3.24. The second-order valence-corrected chi connectivity index (χ2v) is 6.34. The summed E-state index contributed by atoms with van der Waals surface area (Å²) in [6.07, 6.45) is 5.20. The third-order valence-corrected chi connectivity index (χ3v) is 3.93. The first-order valence-corrected chi connectivity index (χ1v) is 6.70. The SMILES string of the molecule is CCCn1ncc(Cl)c1C1(O)CCC(C)(C)C1. The van der Waals surface area contributed by atoms with Crippen LogP contribution in [0.3, 0.4) is 0 Å². The summed E-state index contributed by atoms with van der Waals surface area (Å²) in [6, 6.07) is 0. The summed E-state index contributed by atoms with van der Waals surface area (Å²) in [5.41, 5.74) is 0.192. The van der Waals surface area contributed by atoms with Crippen LogP contribution < -0.4 is 0 Å². The van der Waals surface area contributed by atoms with E-state index in [0.29, 0.717) is 5.02 Å². The van der Waals surface area contributed by atoms with E-state index >= 15 is 0 Å². The van der Waals surface area contributed by atoms with Gasteiger partial charge in [0.1, 0.15) is 5.60 Å². The first-order valence-electron chi connectivity index (χ1n) is 6.32. The van der Waals surface area contributed by atoms with Gasteiger partial charge in [-0.3, -0.25) is 4.68 Å². The van der Waals surface area contributed by atoms with E-state index in [2.05, 4.69) is 25.9 Å². The van der Waals surface area contributed by atoms with Gasteiger partial charge in [-0.1, -0.05) is 32.4 Å². The van der Waals surface area contributed by atoms with Crippen LogP contribution in [-0.4, -0.2) is 14.9 Å². The maximum Gasteiger partial charge on any atom is 0.108 e. The zero-order chi connectivity index (χ0) is 12.7. The molecule has 1 aromatic rings. The lowest BCUT2D eigenvalue weighted by atomic mass is 9.88. The fourth-order valence-electron chi connectivity index (χ4n) is 2.92. The van der Waals surface area contributed by atoms with Crippen LogP contribution in [0.2, 0.25) is 5.02 Å². The Morgan fingerprint density at radius 1 is 1.47 bits per heavy atom. The Morgan fingerprint density at radius 2 is 2.18 bits per heavy atom. The molecule has 1 heterocycles. The van der Waals surface area contributed by atoms with Gasteiger partial charge >= 0.3 is 0 Å². The van der Waals surface area contributed by atoms with Gasteiger partial charge in [0, 0.05) is 6.54 Å². The van der Waals surface area contributed by atoms with Crippen molar-refractivity contribution in [3.05, 3.63) is 16.9 Å². The van der Waals surface area contributed by atoms with Gasteiger partial charge in [0.25, 0.3) is 0 Å². The van der Waals surface area contributed by atoms with E-state index in [0.717, 1.165) is 37.9 Å². The molecular weight excluding hydrogens is 236 g/mol. The predicted molar refractivity (Wildman–Crippen MR) is 69.1 cm³/mol. The van der Waals surface area contributed by atoms with Crippen molar-refractivity contribution in [2.75, 3.05) is 0 Å². The highest BCUT2D eigenvalue weighted by Crippen LogP contribution is 2.50. The van der Waals surface area contributed by atoms with E-state index in [-0.39, 0.29) is 5.41 Å². The Hall–Kier alpha value is -0.540. The summed E-state index contributed by atoms with van der Waals surface area (Å²) >= 11 is 6.20. The summed E-state index contributed by atoms with van der Waals surface area (Å²) in [6.45, 7) is 7.30. The average Bonchev–Trinajstić information content (AvgIpc) is 2.70. The maximum absolute atomic E-state index is 10.8. The topological polar surface area (TPSA) is 38.0 Å². The Kier molecular flexibility index (Phi) is 3.25. The van der Waals surface area contributed by atoms with Crippen molar-refractivity contribution < 1.29 is 5.11 Å². The summed E-state index contributed by atoms with van der Waals surface area (Å²) in [7, 11) is 0. The number of aliphatic hydroxyl groups is 1. The molecule has 1 unspecified atom stereocenters. The molecule has 0 amide bonds. The normalized spacial score (nSPS) is 27.6. The predicted octanol–water partition coefficient (Wildman–Crippen LogP) is 3.34. The van der Waals surface area contributed by atoms with Gasteiger partial charge in [-0.15, -0.1) is 0 Å². The van der Waals surface area contributed by atoms with E-state index in [1.54, 1.807) is 6.20 Å². The highest BCUT2D eigenvalue weighted by Gasteiger charge is 2.45. The van der Waals surface area contributed by atoms with Crippen molar-refractivity contribution in [3.63, 3.8) is 0 Å². The third kappa shape index (κ3) is 2.36. The van der Waals surface area contributed by atoms with Crippen molar-refractivity contribution in [2.45, 2.75) is 58.6 Å². The van der Waals surface area contributed by atoms with E-state index in [9.17, 15) is 5.11 Å². The van der Waals surface area contributed by atoms with Crippen molar-refractivity contribution in [1.82, 2.24) is 9.78 Å². The van der Waals surface area contributed by atoms with Gasteiger partial charge < -0.3 is 5.11 Å². The van der Waals surface area contributed by atoms with Crippen LogP contribution in [0.1, 0.15) is 52.1 Å². The molecule has 0 radical (unpaired) electrons. The number of hydrogen-bond acceptors (Lipinski definition) is 2. The molecule has 2 rings (SSSR count). The molecule has 0 spiro atoms. The van der Waals surface area contributed by atoms with Crippen molar-refractivity contribution in [1.29, 1.82) is 0 Å². The fraction of sp³-hybridized carbons (Fsp3) is 0.769. The minimum atomic E-state index is -0.799. The van der Waals surface area contributed by atoms with Gasteiger partial charge in [0.15, 0.2) is 0 Å². The highest BCUT2D eigenvalue weighted by atomic mass is 35.5. The van der Waals surface area contributed by atoms with E-state index in [4.69, 9.17) is 11.6 Å². The molecule has 1 fully saturated rings. The second kappa shape index (κ2) is 4.29. The molecule has 96 valence electrons. The summed E-state index contributed by atoms with van der Waals surface area (Å²) in [5.74, 6) is 0. The van der Waals surface area contributed by atoms with E-state index < -0.39 is 5.60 Å². The van der Waals surface area contributed by atoms with Gasteiger partial charge in [-0.05, 0) is 31.1 Å². The Balaban J connectivity index is 2.36. The van der Waals surface area contributed by atoms with Gasteiger partial charge in [0.2, 0.25) is 0 Å². The Labute approximate surface area is 108 Å². The standard InChI is InChI=1S/C13H21ClN2O/c1-4-7-16-11(10(14)8-15-16)13(17)6-5-12(2,3)9-13/h8,17H,4-7,9H2,1-3H3. The van der Waals surface area contributed by atoms with Gasteiger partial charge in [0.05, 0.1) is 16.9 Å². The minimum absolute atomic E-state index is 0.180. The molecule has 1 atom stereocenters. The number of rotatable bonds is 3. The highest BCUT2D eigenvalue weighted by molar-refractivity contribution is 6.31. The van der Waals surface area contributed by atoms with E-state index in [1.165, 1.54) is 0 Å². The summed E-state index contributed by atoms with van der Waals surface area (Å²) in [4.78, 5) is 0. The zero-order valence-corrected chi connectivity index (χ0v) is 11.6. The molecule has 1 saturated carbocycles. The second-order valence-electron chi connectivity index (χ2n) is 5.94. The first-order chi connectivity index (χ1) is 7.88. The summed E-state index contributed by atoms with van der Waals surface area (Å²) < 4.78 is 1.86. The molecule has 3 nitrogen and oxygen atoms in total. The van der Waals surface area contributed by atoms with Crippen LogP contribution in [0.15, 0.2) is 6.20 Å². The quantitative estimate of drug-likeness (QED) is 0.901. The van der Waals surface area contributed by atoms with Crippen LogP contribution >= 0.6 is 11.6 Å². The first kappa shape index (κ1) is 12.9. The van der Waals surface area contributed by atoms with E-state index in [1.807, 2.05) is 4.68 Å². The monoisotopic (exact) mass is 256 g/mol. The number of aromatic nitrogens is 2. The largest absolute Gasteiger partial charge is 0.383 e. The van der Waals surface area contributed by atoms with Crippen molar-refractivity contribution >= 4 is 11.6 Å². The number of halogens is 1. The van der Waals surface area contributed by atoms with Crippen LogP contribution in [-0.2, 0) is 12.1 Å². The molecule has 0 bridgehead atoms. The molecule has 1 aromatic heterocycles. The number of hydrogen-bond donors (Lipinski definition) is 1. The van der Waals surface area contributed by atoms with Gasteiger partial charge in [-0.25, -0.2) is 0 Å². The lowest BCUT2D eigenvalue weighted by Crippen LogP contribution is -2.27. The lowest BCUT2D eigenvalue weighted by Gasteiger charge is -2.26. The van der Waals surface area contributed by atoms with Crippen molar-refractivity contribution in [3.8, 4) is 0 Å². The molecule has 1 aliphatic rings. The smallest absolute Gasteiger partial charge is 0.108 e. The molecule has 0 saturated heterocycles. The summed E-state index contributed by atoms with van der Waals surface area (Å²) in [5, 5.41) is 15.7.